The quantitative estimate of drug-likeness (QED) is 0.431. The van der Waals surface area contributed by atoms with Gasteiger partial charge in [0.25, 0.3) is 0 Å². The van der Waals surface area contributed by atoms with E-state index >= 15 is 0 Å². The summed E-state index contributed by atoms with van der Waals surface area (Å²) in [6.45, 7) is 0. The van der Waals surface area contributed by atoms with Crippen molar-refractivity contribution >= 4 is 15.6 Å². The number of rotatable bonds is 9. The molecule has 2 unspecified atom stereocenters. The minimum atomic E-state index is -4.30. The van der Waals surface area contributed by atoms with E-state index in [2.05, 4.69) is 0 Å². The minimum Gasteiger partial charge on any atom is -0.404 e. The molecule has 152 valence electrons. The fourth-order valence-electron chi connectivity index (χ4n) is 2.84. The molecule has 1 fully saturated rings. The highest BCUT2D eigenvalue weighted by Gasteiger charge is 2.44. The molecule has 0 saturated heterocycles. The second-order valence-electron chi connectivity index (χ2n) is 6.33. The Hall–Kier alpha value is -1.62. The van der Waals surface area contributed by atoms with Gasteiger partial charge in [-0.05, 0) is 37.1 Å². The zero-order valence-electron chi connectivity index (χ0n) is 15.6. The lowest BCUT2D eigenvalue weighted by atomic mass is 9.98. The van der Waals surface area contributed by atoms with Gasteiger partial charge in [0.1, 0.15) is 11.5 Å². The fourth-order valence-corrected chi connectivity index (χ4v) is 5.96. The van der Waals surface area contributed by atoms with Crippen LogP contribution in [0, 0.1) is 0 Å². The van der Waals surface area contributed by atoms with E-state index in [0.29, 0.717) is 0 Å². The van der Waals surface area contributed by atoms with Crippen LogP contribution in [0.15, 0.2) is 60.7 Å². The Morgan fingerprint density at radius 3 is 1.75 bits per heavy atom. The van der Waals surface area contributed by atoms with Gasteiger partial charge in [0.2, 0.25) is 0 Å². The molecule has 1 aliphatic carbocycles. The number of hydrogen-bond donors (Lipinski definition) is 0. The van der Waals surface area contributed by atoms with Crippen molar-refractivity contribution in [1.82, 2.24) is 0 Å². The molecule has 0 amide bonds. The molecular formula is C19H24O7P2. The lowest BCUT2D eigenvalue weighted by Gasteiger charge is -2.27. The van der Waals surface area contributed by atoms with E-state index in [0.717, 1.165) is 39.2 Å². The zero-order chi connectivity index (χ0) is 19.9. The smallest absolute Gasteiger partial charge is 0.404 e. The van der Waals surface area contributed by atoms with Crippen molar-refractivity contribution in [2.75, 3.05) is 7.11 Å². The maximum absolute atomic E-state index is 13.4. The van der Waals surface area contributed by atoms with Crippen LogP contribution in [0.5, 0.6) is 11.5 Å². The second-order valence-corrected chi connectivity index (χ2v) is 9.72. The van der Waals surface area contributed by atoms with E-state index in [1.807, 2.05) is 0 Å². The number of para-hydroxylation sites is 2. The molecule has 0 bridgehead atoms. The summed E-state index contributed by atoms with van der Waals surface area (Å²) in [5, 5.41) is 0. The van der Waals surface area contributed by atoms with Gasteiger partial charge in [0, 0.05) is 7.11 Å². The van der Waals surface area contributed by atoms with Crippen LogP contribution < -0.4 is 9.05 Å². The average Bonchev–Trinajstić information content (AvgIpc) is 2.70. The van der Waals surface area contributed by atoms with Crippen molar-refractivity contribution in [2.24, 2.45) is 0 Å². The number of benzene rings is 2. The summed E-state index contributed by atoms with van der Waals surface area (Å²) in [6.07, 6.45) is 4.14. The molecule has 1 saturated carbocycles. The summed E-state index contributed by atoms with van der Waals surface area (Å²) in [7, 11) is -7.41. The standard InChI is InChI=1S/C19H24O7P2/c1-22-27(20,23-17-11-5-2-6-12-17)26-28(21,24-18-13-7-3-8-14-18)25-19-15-9-4-10-16-19/h2-3,5-8,11-14,19H,4,9-10,15-16H2,1H3. The lowest BCUT2D eigenvalue weighted by Crippen LogP contribution is -2.18. The molecule has 0 aromatic heterocycles. The van der Waals surface area contributed by atoms with Gasteiger partial charge in [-0.1, -0.05) is 55.7 Å². The highest BCUT2D eigenvalue weighted by molar-refractivity contribution is 7.62. The van der Waals surface area contributed by atoms with Crippen molar-refractivity contribution in [3.63, 3.8) is 0 Å². The van der Waals surface area contributed by atoms with Crippen LogP contribution in [0.2, 0.25) is 0 Å². The molecule has 0 radical (unpaired) electrons. The summed E-state index contributed by atoms with van der Waals surface area (Å²) in [6, 6.07) is 16.8. The number of phosphoric ester groups is 2. The van der Waals surface area contributed by atoms with Crippen LogP contribution in [0.25, 0.3) is 0 Å². The summed E-state index contributed by atoms with van der Waals surface area (Å²) in [4.78, 5) is 0. The Kier molecular flexibility index (Phi) is 7.33. The molecule has 0 spiro atoms. The Bertz CT molecular complexity index is 823. The van der Waals surface area contributed by atoms with E-state index in [9.17, 15) is 9.13 Å². The average molecular weight is 426 g/mol. The maximum atomic E-state index is 13.4. The first-order chi connectivity index (χ1) is 13.5. The van der Waals surface area contributed by atoms with Crippen molar-refractivity contribution in [3.05, 3.63) is 60.7 Å². The summed E-state index contributed by atoms with van der Waals surface area (Å²) < 4.78 is 53.2. The van der Waals surface area contributed by atoms with Crippen molar-refractivity contribution in [1.29, 1.82) is 0 Å². The third kappa shape index (κ3) is 6.20. The van der Waals surface area contributed by atoms with Gasteiger partial charge in [-0.25, -0.2) is 9.13 Å². The van der Waals surface area contributed by atoms with Crippen molar-refractivity contribution in [3.8, 4) is 11.5 Å². The predicted octanol–water partition coefficient (Wildman–Crippen LogP) is 6.37. The molecule has 0 N–H and O–H groups in total. The van der Waals surface area contributed by atoms with Crippen LogP contribution in [0.1, 0.15) is 32.1 Å². The molecule has 7 nitrogen and oxygen atoms in total. The van der Waals surface area contributed by atoms with Crippen LogP contribution in [-0.4, -0.2) is 13.2 Å². The third-order valence-corrected chi connectivity index (χ3v) is 7.65. The molecular weight excluding hydrogens is 402 g/mol. The van der Waals surface area contributed by atoms with Crippen LogP contribution in [0.4, 0.5) is 0 Å². The topological polar surface area (TPSA) is 80.3 Å². The summed E-state index contributed by atoms with van der Waals surface area (Å²) >= 11 is 0. The molecule has 0 aliphatic heterocycles. The van der Waals surface area contributed by atoms with Gasteiger partial charge in [-0.15, -0.1) is 0 Å². The van der Waals surface area contributed by atoms with E-state index < -0.39 is 15.6 Å². The Balaban J connectivity index is 1.81. The van der Waals surface area contributed by atoms with Gasteiger partial charge in [-0.2, -0.15) is 4.31 Å². The molecule has 2 aromatic rings. The van der Waals surface area contributed by atoms with E-state index in [-0.39, 0.29) is 17.6 Å². The first-order valence-electron chi connectivity index (χ1n) is 9.15. The first-order valence-corrected chi connectivity index (χ1v) is 12.1. The minimum absolute atomic E-state index is 0.247. The largest absolute Gasteiger partial charge is 0.540 e. The molecule has 1 aliphatic rings. The second kappa shape index (κ2) is 9.73. The monoisotopic (exact) mass is 426 g/mol. The lowest BCUT2D eigenvalue weighted by molar-refractivity contribution is 0.103. The molecule has 9 heteroatoms. The van der Waals surface area contributed by atoms with Gasteiger partial charge in [-0.3, -0.25) is 9.05 Å². The summed E-state index contributed by atoms with van der Waals surface area (Å²) in [5.74, 6) is 0.514. The van der Waals surface area contributed by atoms with Gasteiger partial charge >= 0.3 is 15.6 Å². The SMILES string of the molecule is COP(=O)(Oc1ccccc1)OP(=O)(Oc1ccccc1)OC1CCCCC1. The molecule has 28 heavy (non-hydrogen) atoms. The number of hydrogen-bond acceptors (Lipinski definition) is 7. The molecule has 0 heterocycles. The highest BCUT2D eigenvalue weighted by atomic mass is 31.3. The molecule has 3 rings (SSSR count). The maximum Gasteiger partial charge on any atom is 0.540 e. The van der Waals surface area contributed by atoms with Crippen LogP contribution >= 0.6 is 15.6 Å². The third-order valence-electron chi connectivity index (χ3n) is 4.17. The van der Waals surface area contributed by atoms with Gasteiger partial charge in [0.05, 0.1) is 6.10 Å². The Labute approximate surface area is 165 Å². The highest BCUT2D eigenvalue weighted by Crippen LogP contribution is 2.65. The molecule has 2 aromatic carbocycles. The Morgan fingerprint density at radius 1 is 0.750 bits per heavy atom. The fraction of sp³-hybridized carbons (Fsp3) is 0.368. The normalized spacial score (nSPS) is 19.3. The molecule has 2 atom stereocenters. The Morgan fingerprint density at radius 2 is 1.25 bits per heavy atom. The predicted molar refractivity (Wildman–Crippen MR) is 105 cm³/mol. The number of phosphoric acid groups is 2. The van der Waals surface area contributed by atoms with Crippen molar-refractivity contribution < 1.29 is 31.5 Å². The van der Waals surface area contributed by atoms with Crippen LogP contribution in [0.3, 0.4) is 0 Å². The van der Waals surface area contributed by atoms with E-state index in [4.69, 9.17) is 22.4 Å². The van der Waals surface area contributed by atoms with E-state index in [1.54, 1.807) is 60.7 Å². The van der Waals surface area contributed by atoms with Gasteiger partial charge < -0.3 is 9.05 Å². The van der Waals surface area contributed by atoms with Crippen LogP contribution in [-0.2, 0) is 22.5 Å². The van der Waals surface area contributed by atoms with E-state index in [1.165, 1.54) is 0 Å². The summed E-state index contributed by atoms with van der Waals surface area (Å²) in [5.41, 5.74) is 0. The van der Waals surface area contributed by atoms with Gasteiger partial charge in [0.15, 0.2) is 0 Å². The first kappa shape index (κ1) is 21.1. The zero-order valence-corrected chi connectivity index (χ0v) is 17.4. The van der Waals surface area contributed by atoms with Crippen molar-refractivity contribution in [2.45, 2.75) is 38.2 Å².